The Morgan fingerprint density at radius 3 is 1.92 bits per heavy atom. The second-order valence-corrected chi connectivity index (χ2v) is 12.6. The molecule has 0 amide bonds. The molecule has 0 saturated heterocycles. The van der Waals surface area contributed by atoms with E-state index in [1.807, 2.05) is 30.3 Å². The maximum Gasteiger partial charge on any atom is 0.0803 e. The lowest BCUT2D eigenvalue weighted by Gasteiger charge is -2.20. The average Bonchev–Trinajstić information content (AvgIpc) is 3.67. The second-order valence-electron chi connectivity index (χ2n) is 12.6. The zero-order valence-corrected chi connectivity index (χ0v) is 26.6. The lowest BCUT2D eigenvalue weighted by Crippen LogP contribution is -2.15. The van der Waals surface area contributed by atoms with E-state index < -0.39 is 0 Å². The Labute approximate surface area is 282 Å². The van der Waals surface area contributed by atoms with Crippen molar-refractivity contribution in [2.45, 2.75) is 0 Å². The van der Waals surface area contributed by atoms with Gasteiger partial charge in [0.1, 0.15) is 0 Å². The van der Waals surface area contributed by atoms with Crippen molar-refractivity contribution in [2.75, 3.05) is 5.43 Å². The minimum absolute atomic E-state index is 0.480. The number of rotatable bonds is 5. The molecular weight excluding hydrogens is 597 g/mol. The van der Waals surface area contributed by atoms with Crippen LogP contribution in [-0.2, 0) is 0 Å². The predicted octanol–water partition coefficient (Wildman–Crippen LogP) is 11.5. The Balaban J connectivity index is 1.37. The van der Waals surface area contributed by atoms with E-state index in [0.717, 1.165) is 49.9 Å². The largest absolute Gasteiger partial charge is 0.309 e. The van der Waals surface area contributed by atoms with E-state index in [2.05, 4.69) is 154 Å². The standard InChI is InChI=1S/C45H30N4/c46-44(30-15-3-1-4-16-30)41-33-20-9-7-14-29(33)26-27-36(41)47-49-39-25-13-22-35-34-21-10-12-24-38(34)48-37-23-11-8-19-32(37)28-40(48)43(42(35)39)45(49)31-17-5-2-6-18-31/h1-28,46-47H. The minimum atomic E-state index is 0.480. The quantitative estimate of drug-likeness (QED) is 0.183. The first-order valence-corrected chi connectivity index (χ1v) is 16.6. The van der Waals surface area contributed by atoms with Gasteiger partial charge >= 0.3 is 0 Å². The molecular formula is C45H30N4. The van der Waals surface area contributed by atoms with Crippen LogP contribution in [0.25, 0.3) is 71.0 Å². The second kappa shape index (κ2) is 10.7. The Morgan fingerprint density at radius 1 is 0.469 bits per heavy atom. The van der Waals surface area contributed by atoms with E-state index >= 15 is 0 Å². The minimum Gasteiger partial charge on any atom is -0.309 e. The number of hydrogen-bond acceptors (Lipinski definition) is 2. The molecule has 0 spiro atoms. The van der Waals surface area contributed by atoms with Crippen molar-refractivity contribution in [3.63, 3.8) is 0 Å². The molecule has 3 aromatic heterocycles. The first-order valence-electron chi connectivity index (χ1n) is 16.6. The summed E-state index contributed by atoms with van der Waals surface area (Å²) in [6.45, 7) is 0. The third-order valence-electron chi connectivity index (χ3n) is 9.92. The number of benzene rings is 7. The predicted molar refractivity (Wildman–Crippen MR) is 206 cm³/mol. The fourth-order valence-electron chi connectivity index (χ4n) is 7.80. The van der Waals surface area contributed by atoms with Crippen LogP contribution in [0, 0.1) is 5.41 Å². The van der Waals surface area contributed by atoms with E-state index in [4.69, 9.17) is 0 Å². The smallest absolute Gasteiger partial charge is 0.0803 e. The van der Waals surface area contributed by atoms with Gasteiger partial charge in [-0.05, 0) is 46.5 Å². The van der Waals surface area contributed by atoms with E-state index in [9.17, 15) is 5.41 Å². The topological polar surface area (TPSA) is 45.2 Å². The molecule has 0 bridgehead atoms. The Hall–Kier alpha value is -6.65. The fourth-order valence-corrected chi connectivity index (χ4v) is 7.80. The van der Waals surface area contributed by atoms with Crippen molar-refractivity contribution in [1.82, 2.24) is 9.08 Å². The number of anilines is 1. The van der Waals surface area contributed by atoms with Gasteiger partial charge in [0.2, 0.25) is 0 Å². The normalized spacial score (nSPS) is 11.8. The highest BCUT2D eigenvalue weighted by Gasteiger charge is 2.24. The van der Waals surface area contributed by atoms with Crippen LogP contribution in [0.2, 0.25) is 0 Å². The summed E-state index contributed by atoms with van der Waals surface area (Å²) in [6.07, 6.45) is 0. The zero-order valence-electron chi connectivity index (χ0n) is 26.6. The van der Waals surface area contributed by atoms with E-state index in [-0.39, 0.29) is 0 Å². The molecule has 0 saturated carbocycles. The van der Waals surface area contributed by atoms with Gasteiger partial charge in [-0.2, -0.15) is 0 Å². The van der Waals surface area contributed by atoms with Crippen LogP contribution < -0.4 is 5.43 Å². The number of nitrogens with zero attached hydrogens (tertiary/aromatic N) is 2. The van der Waals surface area contributed by atoms with Crippen molar-refractivity contribution >= 4 is 71.2 Å². The number of para-hydroxylation sites is 2. The zero-order chi connectivity index (χ0) is 32.5. The van der Waals surface area contributed by atoms with Crippen LogP contribution in [0.15, 0.2) is 170 Å². The molecule has 0 fully saturated rings. The molecule has 49 heavy (non-hydrogen) atoms. The molecule has 7 aromatic carbocycles. The van der Waals surface area contributed by atoms with Crippen molar-refractivity contribution in [3.05, 3.63) is 181 Å². The molecule has 10 rings (SSSR count). The first kappa shape index (κ1) is 27.5. The molecule has 3 heterocycles. The average molecular weight is 627 g/mol. The number of fused-ring (bicyclic) bond motifs is 8. The van der Waals surface area contributed by atoms with Crippen LogP contribution >= 0.6 is 0 Å². The Bertz CT molecular complexity index is 2910. The molecule has 4 heteroatoms. The lowest BCUT2D eigenvalue weighted by atomic mass is 9.95. The summed E-state index contributed by atoms with van der Waals surface area (Å²) in [5.41, 5.74) is 13.8. The number of nitrogens with one attached hydrogen (secondary N) is 2. The molecule has 0 aliphatic carbocycles. The van der Waals surface area contributed by atoms with Gasteiger partial charge in [-0.25, -0.2) is 0 Å². The van der Waals surface area contributed by atoms with E-state index in [1.54, 1.807) is 0 Å². The Kier molecular flexibility index (Phi) is 5.99. The third kappa shape index (κ3) is 4.07. The Morgan fingerprint density at radius 2 is 1.10 bits per heavy atom. The molecule has 0 unspecified atom stereocenters. The lowest BCUT2D eigenvalue weighted by molar-refractivity contribution is 1.02. The van der Waals surface area contributed by atoms with Crippen LogP contribution in [0.3, 0.4) is 0 Å². The maximum absolute atomic E-state index is 9.54. The highest BCUT2D eigenvalue weighted by atomic mass is 15.4. The molecule has 0 radical (unpaired) electrons. The first-order chi connectivity index (χ1) is 24.3. The van der Waals surface area contributed by atoms with Gasteiger partial charge in [-0.3, -0.25) is 15.5 Å². The van der Waals surface area contributed by atoms with Gasteiger partial charge in [0.25, 0.3) is 0 Å². The van der Waals surface area contributed by atoms with Gasteiger partial charge < -0.3 is 4.40 Å². The van der Waals surface area contributed by atoms with E-state index in [0.29, 0.717) is 5.71 Å². The highest BCUT2D eigenvalue weighted by Crippen LogP contribution is 2.44. The monoisotopic (exact) mass is 626 g/mol. The van der Waals surface area contributed by atoms with Crippen molar-refractivity contribution in [2.24, 2.45) is 0 Å². The summed E-state index contributed by atoms with van der Waals surface area (Å²) >= 11 is 0. The number of aromatic nitrogens is 2. The number of hydrogen-bond donors (Lipinski definition) is 2. The molecule has 0 aliphatic heterocycles. The summed E-state index contributed by atoms with van der Waals surface area (Å²) in [4.78, 5) is 0. The third-order valence-corrected chi connectivity index (χ3v) is 9.92. The molecule has 0 aliphatic rings. The van der Waals surface area contributed by atoms with Crippen molar-refractivity contribution < 1.29 is 0 Å². The molecule has 2 N–H and O–H groups in total. The summed E-state index contributed by atoms with van der Waals surface area (Å²) < 4.78 is 4.69. The van der Waals surface area contributed by atoms with Gasteiger partial charge in [0.15, 0.2) is 0 Å². The fraction of sp³-hybridized carbons (Fsp3) is 0. The van der Waals surface area contributed by atoms with Gasteiger partial charge in [-0.15, -0.1) is 0 Å². The van der Waals surface area contributed by atoms with Crippen LogP contribution in [-0.4, -0.2) is 14.8 Å². The SMILES string of the molecule is N=C(c1ccccc1)c1c(Nn2c(-c3ccccc3)c3c4c(cccc42)c2ccccc2n2c4ccccc4cc32)ccc2ccccc12. The van der Waals surface area contributed by atoms with Crippen LogP contribution in [0.1, 0.15) is 11.1 Å². The summed E-state index contributed by atoms with van der Waals surface area (Å²) in [6, 6.07) is 59.7. The van der Waals surface area contributed by atoms with Crippen molar-refractivity contribution in [3.8, 4) is 11.3 Å². The summed E-state index contributed by atoms with van der Waals surface area (Å²) in [5.74, 6) is 0. The molecule has 4 nitrogen and oxygen atoms in total. The van der Waals surface area contributed by atoms with Gasteiger partial charge in [-0.1, -0.05) is 140 Å². The highest BCUT2D eigenvalue weighted by molar-refractivity contribution is 6.27. The van der Waals surface area contributed by atoms with Gasteiger partial charge in [0.05, 0.1) is 39.2 Å². The summed E-state index contributed by atoms with van der Waals surface area (Å²) in [5, 5.41) is 17.7. The molecule has 0 atom stereocenters. The van der Waals surface area contributed by atoms with Crippen LogP contribution in [0.4, 0.5) is 5.69 Å². The molecule has 230 valence electrons. The maximum atomic E-state index is 9.54. The van der Waals surface area contributed by atoms with Gasteiger partial charge in [0, 0.05) is 38.2 Å². The van der Waals surface area contributed by atoms with Crippen LogP contribution in [0.5, 0.6) is 0 Å². The van der Waals surface area contributed by atoms with Crippen molar-refractivity contribution in [1.29, 1.82) is 5.41 Å². The van der Waals surface area contributed by atoms with E-state index in [1.165, 1.54) is 38.0 Å². The molecule has 10 aromatic rings. The summed E-state index contributed by atoms with van der Waals surface area (Å²) in [7, 11) is 0.